The Hall–Kier alpha value is -2.01. The molecule has 0 aliphatic carbocycles. The number of aryl methyl sites for hydroxylation is 1. The number of halogens is 2. The SMILES string of the molecule is CCc1cc2c(CN[C@H](C)c3ccc(Cl)cc3Cl)cc(=O)oc2cc1O. The van der Waals surface area contributed by atoms with Crippen molar-refractivity contribution in [2.45, 2.75) is 32.9 Å². The Kier molecular flexibility index (Phi) is 5.56. The third kappa shape index (κ3) is 3.88. The highest BCUT2D eigenvalue weighted by Crippen LogP contribution is 2.29. The van der Waals surface area contributed by atoms with Crippen molar-refractivity contribution in [3.05, 3.63) is 73.6 Å². The van der Waals surface area contributed by atoms with E-state index < -0.39 is 5.63 Å². The Bertz CT molecular complexity index is 1010. The minimum atomic E-state index is -0.449. The van der Waals surface area contributed by atoms with Crippen LogP contribution in [0, 0.1) is 0 Å². The van der Waals surface area contributed by atoms with Crippen LogP contribution in [0.1, 0.15) is 36.6 Å². The summed E-state index contributed by atoms with van der Waals surface area (Å²) in [5, 5.41) is 15.4. The van der Waals surface area contributed by atoms with Crippen LogP contribution in [0.4, 0.5) is 0 Å². The highest BCUT2D eigenvalue weighted by molar-refractivity contribution is 6.35. The average molecular weight is 392 g/mol. The minimum Gasteiger partial charge on any atom is -0.508 e. The van der Waals surface area contributed by atoms with E-state index in [0.717, 1.165) is 22.1 Å². The molecular weight excluding hydrogens is 373 g/mol. The van der Waals surface area contributed by atoms with E-state index in [-0.39, 0.29) is 11.8 Å². The number of nitrogens with one attached hydrogen (secondary N) is 1. The van der Waals surface area contributed by atoms with Crippen LogP contribution in [0.2, 0.25) is 10.0 Å². The van der Waals surface area contributed by atoms with Crippen molar-refractivity contribution in [2.24, 2.45) is 0 Å². The van der Waals surface area contributed by atoms with Gasteiger partial charge in [-0.15, -0.1) is 0 Å². The molecule has 0 radical (unpaired) electrons. The normalized spacial score (nSPS) is 12.5. The number of phenols is 1. The zero-order valence-corrected chi connectivity index (χ0v) is 16.0. The predicted molar refractivity (Wildman–Crippen MR) is 105 cm³/mol. The number of hydrogen-bond donors (Lipinski definition) is 2. The second kappa shape index (κ2) is 7.70. The zero-order chi connectivity index (χ0) is 18.8. The molecule has 1 atom stereocenters. The van der Waals surface area contributed by atoms with Crippen molar-refractivity contribution in [3.63, 3.8) is 0 Å². The summed E-state index contributed by atoms with van der Waals surface area (Å²) in [6.07, 6.45) is 0.685. The molecule has 0 saturated heterocycles. The number of phenolic OH excluding ortho intramolecular Hbond substituents is 1. The first-order valence-corrected chi connectivity index (χ1v) is 9.11. The third-order valence-corrected chi connectivity index (χ3v) is 5.00. The second-order valence-electron chi connectivity index (χ2n) is 6.19. The van der Waals surface area contributed by atoms with Crippen LogP contribution in [-0.4, -0.2) is 5.11 Å². The van der Waals surface area contributed by atoms with E-state index in [1.165, 1.54) is 12.1 Å². The molecular formula is C20H19Cl2NO3. The van der Waals surface area contributed by atoms with Gasteiger partial charge in [0.15, 0.2) is 0 Å². The molecule has 0 unspecified atom stereocenters. The molecule has 26 heavy (non-hydrogen) atoms. The van der Waals surface area contributed by atoms with Crippen molar-refractivity contribution in [1.29, 1.82) is 0 Å². The Morgan fingerprint density at radius 3 is 2.62 bits per heavy atom. The first-order chi connectivity index (χ1) is 12.4. The molecule has 0 amide bonds. The first-order valence-electron chi connectivity index (χ1n) is 8.36. The average Bonchev–Trinajstić information content (AvgIpc) is 2.58. The van der Waals surface area contributed by atoms with E-state index in [1.807, 2.05) is 26.0 Å². The van der Waals surface area contributed by atoms with Gasteiger partial charge in [-0.05, 0) is 48.2 Å². The lowest BCUT2D eigenvalue weighted by Crippen LogP contribution is -2.19. The van der Waals surface area contributed by atoms with Crippen molar-refractivity contribution < 1.29 is 9.52 Å². The summed E-state index contributed by atoms with van der Waals surface area (Å²) in [4.78, 5) is 11.9. The number of benzene rings is 2. The monoisotopic (exact) mass is 391 g/mol. The summed E-state index contributed by atoms with van der Waals surface area (Å²) in [6.45, 7) is 4.41. The molecule has 0 bridgehead atoms. The van der Waals surface area contributed by atoms with Gasteiger partial charge < -0.3 is 14.8 Å². The Balaban J connectivity index is 1.91. The molecule has 3 aromatic rings. The molecule has 0 spiro atoms. The van der Waals surface area contributed by atoms with Gasteiger partial charge >= 0.3 is 5.63 Å². The van der Waals surface area contributed by atoms with Crippen LogP contribution in [0.25, 0.3) is 11.0 Å². The molecule has 2 aromatic carbocycles. The molecule has 136 valence electrons. The lowest BCUT2D eigenvalue weighted by atomic mass is 10.0. The highest BCUT2D eigenvalue weighted by Gasteiger charge is 2.13. The molecule has 1 aromatic heterocycles. The smallest absolute Gasteiger partial charge is 0.336 e. The maximum atomic E-state index is 11.9. The van der Waals surface area contributed by atoms with E-state index >= 15 is 0 Å². The van der Waals surface area contributed by atoms with Crippen molar-refractivity contribution in [3.8, 4) is 5.75 Å². The number of fused-ring (bicyclic) bond motifs is 1. The van der Waals surface area contributed by atoms with Gasteiger partial charge in [0, 0.05) is 40.2 Å². The van der Waals surface area contributed by atoms with Gasteiger partial charge in [0.1, 0.15) is 11.3 Å². The summed E-state index contributed by atoms with van der Waals surface area (Å²) >= 11 is 12.2. The first kappa shape index (κ1) is 18.8. The lowest BCUT2D eigenvalue weighted by Gasteiger charge is -2.17. The van der Waals surface area contributed by atoms with Crippen LogP contribution in [-0.2, 0) is 13.0 Å². The van der Waals surface area contributed by atoms with Crippen molar-refractivity contribution in [1.82, 2.24) is 5.32 Å². The Labute approximate surface area is 161 Å². The number of rotatable bonds is 5. The summed E-state index contributed by atoms with van der Waals surface area (Å²) in [5.41, 5.74) is 2.47. The highest BCUT2D eigenvalue weighted by atomic mass is 35.5. The summed E-state index contributed by atoms with van der Waals surface area (Å²) < 4.78 is 5.23. The van der Waals surface area contributed by atoms with E-state index in [0.29, 0.717) is 28.6 Å². The molecule has 3 rings (SSSR count). The maximum Gasteiger partial charge on any atom is 0.336 e. The molecule has 4 nitrogen and oxygen atoms in total. The molecule has 1 heterocycles. The topological polar surface area (TPSA) is 62.5 Å². The van der Waals surface area contributed by atoms with E-state index in [1.54, 1.807) is 12.1 Å². The van der Waals surface area contributed by atoms with Gasteiger partial charge in [-0.2, -0.15) is 0 Å². The molecule has 2 N–H and O–H groups in total. The van der Waals surface area contributed by atoms with Crippen molar-refractivity contribution in [2.75, 3.05) is 0 Å². The zero-order valence-electron chi connectivity index (χ0n) is 14.5. The van der Waals surface area contributed by atoms with E-state index in [4.69, 9.17) is 27.6 Å². The maximum absolute atomic E-state index is 11.9. The summed E-state index contributed by atoms with van der Waals surface area (Å²) in [7, 11) is 0. The standard InChI is InChI=1S/C20H19Cl2NO3/c1-3-12-6-16-13(7-20(25)26-19(16)9-18(12)24)10-23-11(2)15-5-4-14(21)8-17(15)22/h4-9,11,23-24H,3,10H2,1-2H3/t11-/m1/s1. The predicted octanol–water partition coefficient (Wildman–Crippen LogP) is 5.22. The fourth-order valence-corrected chi connectivity index (χ4v) is 3.53. The van der Waals surface area contributed by atoms with Gasteiger partial charge in [-0.1, -0.05) is 36.2 Å². The van der Waals surface area contributed by atoms with Gasteiger partial charge in [0.25, 0.3) is 0 Å². The minimum absolute atomic E-state index is 0.0372. The molecule has 0 aliphatic heterocycles. The fourth-order valence-electron chi connectivity index (χ4n) is 2.96. The van der Waals surface area contributed by atoms with Crippen LogP contribution >= 0.6 is 23.2 Å². The second-order valence-corrected chi connectivity index (χ2v) is 7.03. The quantitative estimate of drug-likeness (QED) is 0.585. The van der Waals surface area contributed by atoms with E-state index in [9.17, 15) is 9.90 Å². The van der Waals surface area contributed by atoms with Crippen LogP contribution in [0.15, 0.2) is 45.6 Å². The van der Waals surface area contributed by atoms with Crippen molar-refractivity contribution >= 4 is 34.2 Å². The third-order valence-electron chi connectivity index (χ3n) is 4.44. The molecule has 0 saturated carbocycles. The van der Waals surface area contributed by atoms with Crippen LogP contribution < -0.4 is 10.9 Å². The lowest BCUT2D eigenvalue weighted by molar-refractivity contribution is 0.466. The van der Waals surface area contributed by atoms with Crippen LogP contribution in [0.3, 0.4) is 0 Å². The Morgan fingerprint density at radius 1 is 1.15 bits per heavy atom. The largest absolute Gasteiger partial charge is 0.508 e. The summed E-state index contributed by atoms with van der Waals surface area (Å²) in [6, 6.07) is 10.2. The van der Waals surface area contributed by atoms with Gasteiger partial charge in [-0.3, -0.25) is 0 Å². The van der Waals surface area contributed by atoms with E-state index in [2.05, 4.69) is 5.32 Å². The fraction of sp³-hybridized carbons (Fsp3) is 0.250. The van der Waals surface area contributed by atoms with Gasteiger partial charge in [0.05, 0.1) is 0 Å². The molecule has 6 heteroatoms. The number of hydrogen-bond acceptors (Lipinski definition) is 4. The van der Waals surface area contributed by atoms with Gasteiger partial charge in [0.2, 0.25) is 0 Å². The Morgan fingerprint density at radius 2 is 1.92 bits per heavy atom. The summed E-state index contributed by atoms with van der Waals surface area (Å²) in [5.74, 6) is 0.134. The number of aromatic hydroxyl groups is 1. The van der Waals surface area contributed by atoms with Crippen LogP contribution in [0.5, 0.6) is 5.75 Å². The molecule has 0 fully saturated rings. The molecule has 0 aliphatic rings. The van der Waals surface area contributed by atoms with Gasteiger partial charge in [-0.25, -0.2) is 4.79 Å².